The van der Waals surface area contributed by atoms with Gasteiger partial charge in [0.2, 0.25) is 0 Å². The van der Waals surface area contributed by atoms with Crippen LogP contribution in [0.4, 0.5) is 0 Å². The first-order valence-corrected chi connectivity index (χ1v) is 8.44. The molecule has 104 valence electrons. The molecule has 0 spiro atoms. The number of halogens is 1. The lowest BCUT2D eigenvalue weighted by molar-refractivity contribution is 0.575. The van der Waals surface area contributed by atoms with Crippen LogP contribution in [-0.4, -0.2) is 25.3 Å². The molecule has 0 aliphatic heterocycles. The van der Waals surface area contributed by atoms with Gasteiger partial charge in [0, 0.05) is 28.6 Å². The van der Waals surface area contributed by atoms with Gasteiger partial charge in [0.05, 0.1) is 21.6 Å². The normalized spacial score (nSPS) is 13.9. The molecule has 1 atom stereocenters. The molecule has 6 heteroatoms. The van der Waals surface area contributed by atoms with Crippen molar-refractivity contribution in [1.29, 1.82) is 0 Å². The molecular weight excluding hydrogens is 314 g/mol. The summed E-state index contributed by atoms with van der Waals surface area (Å²) in [6.07, 6.45) is 0.871. The zero-order valence-electron chi connectivity index (χ0n) is 11.5. The Bertz CT molecular complexity index is 437. The van der Waals surface area contributed by atoms with Crippen LogP contribution in [0.15, 0.2) is 4.47 Å². The average molecular weight is 336 g/mol. The van der Waals surface area contributed by atoms with Crippen molar-refractivity contribution in [2.45, 2.75) is 52.0 Å². The molecule has 0 fully saturated rings. The Labute approximate surface area is 120 Å². The van der Waals surface area contributed by atoms with Gasteiger partial charge in [-0.1, -0.05) is 6.92 Å². The Hall–Kier alpha value is -0.200. The van der Waals surface area contributed by atoms with Gasteiger partial charge in [-0.05, 0) is 43.1 Å². The first kappa shape index (κ1) is 15.9. The fourth-order valence-corrected chi connectivity index (χ4v) is 4.19. The molecule has 0 radical (unpaired) electrons. The van der Waals surface area contributed by atoms with Crippen molar-refractivity contribution < 1.29 is 4.21 Å². The molecule has 1 aromatic heterocycles. The second kappa shape index (κ2) is 6.30. The number of aromatic nitrogens is 2. The van der Waals surface area contributed by atoms with Gasteiger partial charge in [-0.2, -0.15) is 5.10 Å². The van der Waals surface area contributed by atoms with Gasteiger partial charge in [-0.3, -0.25) is 8.89 Å². The molecule has 18 heavy (non-hydrogen) atoms. The molecule has 0 aliphatic rings. The van der Waals surface area contributed by atoms with Gasteiger partial charge in [0.1, 0.15) is 0 Å². The highest BCUT2D eigenvalue weighted by Gasteiger charge is 2.20. The van der Waals surface area contributed by atoms with Crippen molar-refractivity contribution in [2.75, 3.05) is 5.75 Å². The first-order chi connectivity index (χ1) is 8.28. The van der Waals surface area contributed by atoms with Crippen molar-refractivity contribution in [1.82, 2.24) is 9.78 Å². The molecule has 1 aromatic rings. The second-order valence-corrected chi connectivity index (χ2v) is 7.34. The molecule has 2 N–H and O–H groups in total. The Morgan fingerprint density at radius 1 is 1.44 bits per heavy atom. The summed E-state index contributed by atoms with van der Waals surface area (Å²) in [5, 5.41) is 4.50. The monoisotopic (exact) mass is 335 g/mol. The van der Waals surface area contributed by atoms with Crippen LogP contribution in [0.5, 0.6) is 0 Å². The average Bonchev–Trinajstić information content (AvgIpc) is 2.53. The van der Waals surface area contributed by atoms with Crippen LogP contribution in [-0.2, 0) is 29.5 Å². The van der Waals surface area contributed by atoms with E-state index in [1.165, 1.54) is 0 Å². The zero-order valence-corrected chi connectivity index (χ0v) is 13.9. The van der Waals surface area contributed by atoms with E-state index < -0.39 is 16.3 Å². The SMILES string of the molecule is CCc1nn(CC)c(CS(=O)CC(C)(C)N)c1Br. The molecule has 0 bridgehead atoms. The van der Waals surface area contributed by atoms with Gasteiger partial charge in [-0.15, -0.1) is 0 Å². The highest BCUT2D eigenvalue weighted by Crippen LogP contribution is 2.24. The van der Waals surface area contributed by atoms with Crippen molar-refractivity contribution in [2.24, 2.45) is 5.73 Å². The summed E-state index contributed by atoms with van der Waals surface area (Å²) >= 11 is 3.56. The van der Waals surface area contributed by atoms with Gasteiger partial charge in [-0.25, -0.2) is 0 Å². The topological polar surface area (TPSA) is 60.9 Å². The quantitative estimate of drug-likeness (QED) is 0.866. The largest absolute Gasteiger partial charge is 0.325 e. The Morgan fingerprint density at radius 2 is 2.06 bits per heavy atom. The smallest absolute Gasteiger partial charge is 0.0767 e. The van der Waals surface area contributed by atoms with Crippen molar-refractivity contribution in [3.8, 4) is 0 Å². The van der Waals surface area contributed by atoms with E-state index in [1.54, 1.807) is 0 Å². The van der Waals surface area contributed by atoms with Crippen LogP contribution < -0.4 is 5.73 Å². The van der Waals surface area contributed by atoms with E-state index in [2.05, 4.69) is 28.0 Å². The van der Waals surface area contributed by atoms with E-state index in [-0.39, 0.29) is 0 Å². The third-order valence-corrected chi connectivity index (χ3v) is 5.10. The van der Waals surface area contributed by atoms with Gasteiger partial charge < -0.3 is 5.73 Å². The Balaban J connectivity index is 2.90. The number of nitrogens with zero attached hydrogens (tertiary/aromatic N) is 2. The van der Waals surface area contributed by atoms with E-state index in [0.29, 0.717) is 11.5 Å². The Kier molecular flexibility index (Phi) is 5.55. The van der Waals surface area contributed by atoms with Gasteiger partial charge >= 0.3 is 0 Å². The molecule has 0 saturated heterocycles. The fraction of sp³-hybridized carbons (Fsp3) is 0.750. The van der Waals surface area contributed by atoms with Gasteiger partial charge in [0.25, 0.3) is 0 Å². The molecule has 1 unspecified atom stereocenters. The summed E-state index contributed by atoms with van der Waals surface area (Å²) in [6.45, 7) is 8.69. The Morgan fingerprint density at radius 3 is 2.50 bits per heavy atom. The third-order valence-electron chi connectivity index (χ3n) is 2.52. The minimum atomic E-state index is -0.967. The molecule has 0 saturated carbocycles. The van der Waals surface area contributed by atoms with Crippen molar-refractivity contribution >= 4 is 26.7 Å². The van der Waals surface area contributed by atoms with E-state index in [4.69, 9.17) is 5.73 Å². The minimum absolute atomic E-state index is 0.401. The lowest BCUT2D eigenvalue weighted by Crippen LogP contribution is -2.38. The summed E-state index contributed by atoms with van der Waals surface area (Å²) in [4.78, 5) is 0. The maximum Gasteiger partial charge on any atom is 0.0767 e. The number of hydrogen-bond donors (Lipinski definition) is 1. The number of aryl methyl sites for hydroxylation is 2. The molecule has 4 nitrogen and oxygen atoms in total. The molecule has 0 aliphatic carbocycles. The van der Waals surface area contributed by atoms with E-state index in [9.17, 15) is 4.21 Å². The van der Waals surface area contributed by atoms with Crippen LogP contribution in [0.1, 0.15) is 39.1 Å². The maximum absolute atomic E-state index is 12.1. The lowest BCUT2D eigenvalue weighted by atomic mass is 10.1. The van der Waals surface area contributed by atoms with Crippen LogP contribution in [0, 0.1) is 0 Å². The molecule has 1 rings (SSSR count). The predicted molar refractivity (Wildman–Crippen MR) is 80.0 cm³/mol. The van der Waals surface area contributed by atoms with E-state index in [1.807, 2.05) is 25.5 Å². The number of rotatable bonds is 6. The summed E-state index contributed by atoms with van der Waals surface area (Å²) in [6, 6.07) is 0. The van der Waals surface area contributed by atoms with E-state index >= 15 is 0 Å². The summed E-state index contributed by atoms with van der Waals surface area (Å²) in [7, 11) is -0.967. The molecule has 0 amide bonds. The summed E-state index contributed by atoms with van der Waals surface area (Å²) in [5.74, 6) is 0.998. The highest BCUT2D eigenvalue weighted by molar-refractivity contribution is 9.10. The van der Waals surface area contributed by atoms with Crippen LogP contribution in [0.2, 0.25) is 0 Å². The summed E-state index contributed by atoms with van der Waals surface area (Å²) < 4.78 is 15.0. The van der Waals surface area contributed by atoms with E-state index in [0.717, 1.165) is 28.8 Å². The molecular formula is C12H22BrN3OS. The van der Waals surface area contributed by atoms with Crippen LogP contribution >= 0.6 is 15.9 Å². The van der Waals surface area contributed by atoms with Crippen LogP contribution in [0.25, 0.3) is 0 Å². The number of nitrogens with two attached hydrogens (primary N) is 1. The van der Waals surface area contributed by atoms with Crippen LogP contribution in [0.3, 0.4) is 0 Å². The standard InChI is InChI=1S/C12H22BrN3OS/c1-5-9-11(13)10(16(6-2)15-9)7-18(17)8-12(3,4)14/h5-8,14H2,1-4H3. The predicted octanol–water partition coefficient (Wildman–Crippen LogP) is 2.21. The minimum Gasteiger partial charge on any atom is -0.325 e. The number of hydrogen-bond acceptors (Lipinski definition) is 3. The zero-order chi connectivity index (χ0) is 13.9. The second-order valence-electron chi connectivity index (χ2n) is 5.09. The molecule has 0 aromatic carbocycles. The van der Waals surface area contributed by atoms with Crippen molar-refractivity contribution in [3.63, 3.8) is 0 Å². The third kappa shape index (κ3) is 4.17. The maximum atomic E-state index is 12.1. The molecule has 1 heterocycles. The van der Waals surface area contributed by atoms with Crippen molar-refractivity contribution in [3.05, 3.63) is 15.9 Å². The highest BCUT2D eigenvalue weighted by atomic mass is 79.9. The summed E-state index contributed by atoms with van der Waals surface area (Å²) in [5.41, 5.74) is 7.54. The first-order valence-electron chi connectivity index (χ1n) is 6.16. The van der Waals surface area contributed by atoms with Gasteiger partial charge in [0.15, 0.2) is 0 Å². The lowest BCUT2D eigenvalue weighted by Gasteiger charge is -2.17. The fourth-order valence-electron chi connectivity index (χ4n) is 1.77.